The summed E-state index contributed by atoms with van der Waals surface area (Å²) >= 11 is 0. The molecule has 4 rings (SSSR count). The second-order valence-electron chi connectivity index (χ2n) is 6.39. The van der Waals surface area contributed by atoms with E-state index in [0.29, 0.717) is 18.8 Å². The number of aliphatic hydroxyl groups is 1. The summed E-state index contributed by atoms with van der Waals surface area (Å²) in [5.41, 5.74) is 5.56. The molecule has 0 radical (unpaired) electrons. The van der Waals surface area contributed by atoms with Crippen LogP contribution in [0.3, 0.4) is 0 Å². The van der Waals surface area contributed by atoms with E-state index in [4.69, 9.17) is 5.11 Å². The van der Waals surface area contributed by atoms with Gasteiger partial charge in [-0.2, -0.15) is 0 Å². The molecule has 0 bridgehead atoms. The summed E-state index contributed by atoms with van der Waals surface area (Å²) in [6.45, 7) is 3.06. The fraction of sp³-hybridized carbons (Fsp3) is 0.211. The van der Waals surface area contributed by atoms with Crippen molar-refractivity contribution in [3.05, 3.63) is 77.5 Å². The van der Waals surface area contributed by atoms with E-state index in [1.165, 1.54) is 5.56 Å². The summed E-state index contributed by atoms with van der Waals surface area (Å²) in [5.74, 6) is 0. The Kier molecular flexibility index (Phi) is 4.71. The molecule has 3 heterocycles. The lowest BCUT2D eigenvalue weighted by Gasteiger charge is -2.03. The lowest BCUT2D eigenvalue weighted by Crippen LogP contribution is -2.05. The van der Waals surface area contributed by atoms with Gasteiger partial charge < -0.3 is 5.11 Å². The zero-order valence-electron chi connectivity index (χ0n) is 14.9. The van der Waals surface area contributed by atoms with Crippen LogP contribution in [0.5, 0.6) is 0 Å². The molecule has 1 aromatic carbocycles. The number of aryl methyl sites for hydroxylation is 1. The number of benzene rings is 1. The van der Waals surface area contributed by atoms with E-state index in [-0.39, 0.29) is 6.61 Å². The smallest absolute Gasteiger partial charge is 0.113 e. The van der Waals surface area contributed by atoms with Crippen LogP contribution in [0.1, 0.15) is 22.5 Å². The van der Waals surface area contributed by atoms with Gasteiger partial charge in [-0.3, -0.25) is 4.98 Å². The average molecular weight is 361 g/mol. The fourth-order valence-electron chi connectivity index (χ4n) is 2.72. The molecule has 0 unspecified atom stereocenters. The Bertz CT molecular complexity index is 1020. The van der Waals surface area contributed by atoms with Crippen LogP contribution in [0.2, 0.25) is 0 Å². The third kappa shape index (κ3) is 4.06. The molecule has 1 N–H and O–H groups in total. The van der Waals surface area contributed by atoms with Crippen molar-refractivity contribution in [2.45, 2.75) is 26.6 Å². The van der Waals surface area contributed by atoms with Crippen molar-refractivity contribution >= 4 is 0 Å². The van der Waals surface area contributed by atoms with E-state index < -0.39 is 0 Å². The Morgan fingerprint density at radius 1 is 0.852 bits per heavy atom. The molecule has 8 heteroatoms. The van der Waals surface area contributed by atoms with Crippen molar-refractivity contribution in [1.29, 1.82) is 0 Å². The number of pyridine rings is 1. The zero-order chi connectivity index (χ0) is 18.6. The quantitative estimate of drug-likeness (QED) is 0.563. The van der Waals surface area contributed by atoms with Crippen LogP contribution in [-0.2, 0) is 19.7 Å². The third-order valence-corrected chi connectivity index (χ3v) is 4.19. The summed E-state index contributed by atoms with van der Waals surface area (Å²) in [7, 11) is 0. The van der Waals surface area contributed by atoms with Crippen LogP contribution in [0.4, 0.5) is 0 Å². The molecular weight excluding hydrogens is 342 g/mol. The molecule has 4 aromatic rings. The molecule has 0 aliphatic carbocycles. The summed E-state index contributed by atoms with van der Waals surface area (Å²) in [6.07, 6.45) is 5.45. The molecule has 0 aliphatic heterocycles. The Balaban J connectivity index is 1.42. The Hall–Kier alpha value is -3.39. The molecule has 0 amide bonds. The Morgan fingerprint density at radius 2 is 1.63 bits per heavy atom. The van der Waals surface area contributed by atoms with Crippen LogP contribution in [0, 0.1) is 6.92 Å². The van der Waals surface area contributed by atoms with Gasteiger partial charge in [0.2, 0.25) is 0 Å². The number of rotatable bonds is 6. The van der Waals surface area contributed by atoms with E-state index in [1.54, 1.807) is 15.6 Å². The maximum Gasteiger partial charge on any atom is 0.113 e. The van der Waals surface area contributed by atoms with Gasteiger partial charge in [0.05, 0.1) is 37.8 Å². The van der Waals surface area contributed by atoms with E-state index in [1.807, 2.05) is 36.7 Å². The first-order valence-corrected chi connectivity index (χ1v) is 8.60. The van der Waals surface area contributed by atoms with E-state index in [0.717, 1.165) is 22.5 Å². The zero-order valence-corrected chi connectivity index (χ0v) is 14.9. The first-order valence-electron chi connectivity index (χ1n) is 8.60. The highest BCUT2D eigenvalue weighted by atomic mass is 16.3. The standard InChI is InChI=1S/C19H19N7O/c1-14-2-5-16(6-3-14)19-12-26(24-22-19)10-17-7-4-15(8-20-17)9-25-11-18(13-27)21-23-25/h2-8,11-12,27H,9-10,13H2,1H3. The van der Waals surface area contributed by atoms with Gasteiger partial charge in [0.15, 0.2) is 0 Å². The molecule has 0 saturated carbocycles. The maximum atomic E-state index is 9.04. The van der Waals surface area contributed by atoms with Gasteiger partial charge in [-0.15, -0.1) is 10.2 Å². The van der Waals surface area contributed by atoms with Gasteiger partial charge in [-0.25, -0.2) is 9.36 Å². The topological polar surface area (TPSA) is 94.5 Å². The van der Waals surface area contributed by atoms with Gasteiger partial charge >= 0.3 is 0 Å². The summed E-state index contributed by atoms with van der Waals surface area (Å²) in [4.78, 5) is 4.49. The van der Waals surface area contributed by atoms with Gasteiger partial charge in [-0.05, 0) is 18.6 Å². The molecule has 0 fully saturated rings. The fourth-order valence-corrected chi connectivity index (χ4v) is 2.72. The first kappa shape index (κ1) is 17.0. The second-order valence-corrected chi connectivity index (χ2v) is 6.39. The number of hydrogen-bond donors (Lipinski definition) is 1. The molecule has 3 aromatic heterocycles. The van der Waals surface area contributed by atoms with Crippen molar-refractivity contribution in [3.63, 3.8) is 0 Å². The van der Waals surface area contributed by atoms with Crippen molar-refractivity contribution in [3.8, 4) is 11.3 Å². The normalized spacial score (nSPS) is 11.0. The molecule has 0 aliphatic rings. The van der Waals surface area contributed by atoms with E-state index in [2.05, 4.69) is 44.7 Å². The molecule has 0 saturated heterocycles. The van der Waals surface area contributed by atoms with Crippen LogP contribution < -0.4 is 0 Å². The maximum absolute atomic E-state index is 9.04. The van der Waals surface area contributed by atoms with Gasteiger partial charge in [0, 0.05) is 11.8 Å². The Labute approximate surface area is 156 Å². The predicted molar refractivity (Wildman–Crippen MR) is 98.6 cm³/mol. The largest absolute Gasteiger partial charge is 0.390 e. The van der Waals surface area contributed by atoms with Crippen molar-refractivity contribution in [1.82, 2.24) is 35.0 Å². The number of aliphatic hydroxyl groups excluding tert-OH is 1. The lowest BCUT2D eigenvalue weighted by molar-refractivity contribution is 0.276. The summed E-state index contributed by atoms with van der Waals surface area (Å²) in [5, 5.41) is 25.3. The highest BCUT2D eigenvalue weighted by molar-refractivity contribution is 5.57. The molecular formula is C19H19N7O. The lowest BCUT2D eigenvalue weighted by atomic mass is 10.1. The van der Waals surface area contributed by atoms with Crippen LogP contribution in [-0.4, -0.2) is 40.1 Å². The second kappa shape index (κ2) is 7.46. The molecule has 136 valence electrons. The SMILES string of the molecule is Cc1ccc(-c2cn(Cc3ccc(Cn4cc(CO)nn4)cn3)nn2)cc1. The van der Waals surface area contributed by atoms with E-state index in [9.17, 15) is 0 Å². The number of aromatic nitrogens is 7. The van der Waals surface area contributed by atoms with Crippen molar-refractivity contribution < 1.29 is 5.11 Å². The minimum atomic E-state index is -0.111. The number of nitrogens with zero attached hydrogens (tertiary/aromatic N) is 7. The average Bonchev–Trinajstić information content (AvgIpc) is 3.33. The van der Waals surface area contributed by atoms with Gasteiger partial charge in [-0.1, -0.05) is 46.3 Å². The van der Waals surface area contributed by atoms with Gasteiger partial charge in [0.25, 0.3) is 0 Å². The predicted octanol–water partition coefficient (Wildman–Crippen LogP) is 1.83. The van der Waals surface area contributed by atoms with Crippen LogP contribution in [0.25, 0.3) is 11.3 Å². The first-order chi connectivity index (χ1) is 13.2. The van der Waals surface area contributed by atoms with Crippen molar-refractivity contribution in [2.24, 2.45) is 0 Å². The van der Waals surface area contributed by atoms with Crippen molar-refractivity contribution in [2.75, 3.05) is 0 Å². The highest BCUT2D eigenvalue weighted by Gasteiger charge is 2.06. The van der Waals surface area contributed by atoms with E-state index >= 15 is 0 Å². The third-order valence-electron chi connectivity index (χ3n) is 4.19. The Morgan fingerprint density at radius 3 is 2.33 bits per heavy atom. The van der Waals surface area contributed by atoms with Gasteiger partial charge in [0.1, 0.15) is 11.4 Å². The molecule has 27 heavy (non-hydrogen) atoms. The minimum Gasteiger partial charge on any atom is -0.390 e. The minimum absolute atomic E-state index is 0.111. The molecule has 0 atom stereocenters. The molecule has 8 nitrogen and oxygen atoms in total. The summed E-state index contributed by atoms with van der Waals surface area (Å²) in [6, 6.07) is 12.2. The summed E-state index contributed by atoms with van der Waals surface area (Å²) < 4.78 is 3.45. The number of hydrogen-bond acceptors (Lipinski definition) is 6. The van der Waals surface area contributed by atoms with Crippen LogP contribution in [0.15, 0.2) is 55.0 Å². The highest BCUT2D eigenvalue weighted by Crippen LogP contribution is 2.16. The van der Waals surface area contributed by atoms with Crippen LogP contribution >= 0.6 is 0 Å². The monoisotopic (exact) mass is 361 g/mol. The molecule has 0 spiro atoms.